The summed E-state index contributed by atoms with van der Waals surface area (Å²) in [6, 6.07) is 4.35. The monoisotopic (exact) mass is 463 g/mol. The summed E-state index contributed by atoms with van der Waals surface area (Å²) in [5, 5.41) is 15.3. The number of nitrogens with one attached hydrogen (secondary N) is 2. The maximum atomic E-state index is 13.8. The zero-order valence-corrected chi connectivity index (χ0v) is 21.3. The number of benzene rings is 1. The van der Waals surface area contributed by atoms with Crippen LogP contribution in [-0.4, -0.2) is 52.1 Å². The van der Waals surface area contributed by atoms with Gasteiger partial charge in [-0.25, -0.2) is 4.79 Å². The van der Waals surface area contributed by atoms with E-state index in [4.69, 9.17) is 4.74 Å². The summed E-state index contributed by atoms with van der Waals surface area (Å²) >= 11 is 0. The van der Waals surface area contributed by atoms with Crippen LogP contribution in [0.2, 0.25) is 0 Å². The van der Waals surface area contributed by atoms with Crippen molar-refractivity contribution < 1.29 is 24.2 Å². The summed E-state index contributed by atoms with van der Waals surface area (Å²) in [5.41, 5.74) is -0.127. The van der Waals surface area contributed by atoms with Crippen LogP contribution in [0.15, 0.2) is 24.3 Å². The molecule has 1 rings (SSSR count). The zero-order chi connectivity index (χ0) is 25.3. The number of rotatable bonds is 10. The Balaban J connectivity index is 3.40. The smallest absolute Gasteiger partial charge is 0.408 e. The van der Waals surface area contributed by atoms with Crippen molar-refractivity contribution in [2.75, 3.05) is 6.54 Å². The molecule has 1 aromatic rings. The number of hydrogen-bond donors (Lipinski definition) is 3. The molecule has 8 nitrogen and oxygen atoms in total. The molecule has 0 fully saturated rings. The van der Waals surface area contributed by atoms with Gasteiger partial charge < -0.3 is 25.4 Å². The van der Waals surface area contributed by atoms with Crippen molar-refractivity contribution >= 4 is 17.9 Å². The fourth-order valence-corrected chi connectivity index (χ4v) is 3.31. The molecule has 0 aliphatic rings. The molecule has 0 spiro atoms. The van der Waals surface area contributed by atoms with Crippen molar-refractivity contribution in [3.8, 4) is 5.75 Å². The van der Waals surface area contributed by atoms with Crippen LogP contribution in [0.1, 0.15) is 79.8 Å². The maximum absolute atomic E-state index is 13.8. The van der Waals surface area contributed by atoms with E-state index in [0.717, 1.165) is 6.42 Å². The fraction of sp³-hybridized carbons (Fsp3) is 0.640. The first-order valence-corrected chi connectivity index (χ1v) is 11.7. The van der Waals surface area contributed by atoms with Crippen molar-refractivity contribution in [3.05, 3.63) is 29.8 Å². The highest BCUT2D eigenvalue weighted by molar-refractivity contribution is 5.92. The summed E-state index contributed by atoms with van der Waals surface area (Å²) in [6.07, 6.45) is 0.828. The van der Waals surface area contributed by atoms with Gasteiger partial charge in [0.15, 0.2) is 0 Å². The second-order valence-electron chi connectivity index (χ2n) is 9.91. The minimum absolute atomic E-state index is 0.0693. The number of phenols is 1. The van der Waals surface area contributed by atoms with Gasteiger partial charge in [-0.3, -0.25) is 9.59 Å². The SMILES string of the molecule is CCCCN(C(=O)C(NC(=O)OC(C)(C)C)C(C)C)C(C(=O)NC(C)C)c1ccc(O)cc1. The molecule has 3 N–H and O–H groups in total. The topological polar surface area (TPSA) is 108 Å². The standard InChI is InChI=1S/C25H41N3O5/c1-9-10-15-28(23(31)20(16(2)3)27-24(32)33-25(6,7)8)21(22(30)26-17(4)5)18-11-13-19(29)14-12-18/h11-14,16-17,20-21,29H,9-10,15H2,1-8H3,(H,26,30)(H,27,32). The summed E-state index contributed by atoms with van der Waals surface area (Å²) in [7, 11) is 0. The van der Waals surface area contributed by atoms with Gasteiger partial charge in [0.05, 0.1) is 0 Å². The molecule has 0 saturated carbocycles. The Morgan fingerprint density at radius 2 is 1.61 bits per heavy atom. The van der Waals surface area contributed by atoms with Crippen molar-refractivity contribution in [2.24, 2.45) is 5.92 Å². The quantitative estimate of drug-likeness (QED) is 0.483. The molecule has 3 amide bonds. The van der Waals surface area contributed by atoms with Crippen LogP contribution < -0.4 is 10.6 Å². The van der Waals surface area contributed by atoms with E-state index in [-0.39, 0.29) is 29.5 Å². The third-order valence-electron chi connectivity index (χ3n) is 4.84. The average molecular weight is 464 g/mol. The largest absolute Gasteiger partial charge is 0.508 e. The number of hydrogen-bond acceptors (Lipinski definition) is 5. The predicted octanol–water partition coefficient (Wildman–Crippen LogP) is 4.14. The number of carbonyl (C=O) groups is 3. The second-order valence-corrected chi connectivity index (χ2v) is 9.91. The minimum atomic E-state index is -0.909. The first-order chi connectivity index (χ1) is 15.3. The molecular formula is C25H41N3O5. The Kier molecular flexibility index (Phi) is 10.7. The molecule has 1 aromatic carbocycles. The lowest BCUT2D eigenvalue weighted by molar-refractivity contribution is -0.143. The summed E-state index contributed by atoms with van der Waals surface area (Å²) in [4.78, 5) is 41.0. The first kappa shape index (κ1) is 28.3. The number of nitrogens with zero attached hydrogens (tertiary/aromatic N) is 1. The molecule has 8 heteroatoms. The average Bonchev–Trinajstić information content (AvgIpc) is 2.67. The van der Waals surface area contributed by atoms with E-state index in [9.17, 15) is 19.5 Å². The number of alkyl carbamates (subject to hydrolysis) is 1. The van der Waals surface area contributed by atoms with Crippen LogP contribution in [0.3, 0.4) is 0 Å². The van der Waals surface area contributed by atoms with Crippen LogP contribution in [0.25, 0.3) is 0 Å². The molecule has 186 valence electrons. The number of aromatic hydroxyl groups is 1. The van der Waals surface area contributed by atoms with E-state index >= 15 is 0 Å². The third kappa shape index (κ3) is 9.32. The fourth-order valence-electron chi connectivity index (χ4n) is 3.31. The lowest BCUT2D eigenvalue weighted by Crippen LogP contribution is -2.55. The normalized spacial score (nSPS) is 13.4. The Hall–Kier alpha value is -2.77. The highest BCUT2D eigenvalue weighted by Gasteiger charge is 2.37. The van der Waals surface area contributed by atoms with Crippen molar-refractivity contribution in [1.29, 1.82) is 0 Å². The number of phenolic OH excluding ortho intramolecular Hbond substituents is 1. The lowest BCUT2D eigenvalue weighted by atomic mass is 9.98. The van der Waals surface area contributed by atoms with E-state index < -0.39 is 23.8 Å². The van der Waals surface area contributed by atoms with Crippen LogP contribution >= 0.6 is 0 Å². The molecule has 0 bridgehead atoms. The molecule has 0 aliphatic carbocycles. The minimum Gasteiger partial charge on any atom is -0.508 e. The summed E-state index contributed by atoms with van der Waals surface area (Å²) < 4.78 is 5.36. The molecular weight excluding hydrogens is 422 g/mol. The number of ether oxygens (including phenoxy) is 1. The van der Waals surface area contributed by atoms with Gasteiger partial charge >= 0.3 is 6.09 Å². The maximum Gasteiger partial charge on any atom is 0.408 e. The van der Waals surface area contributed by atoms with Gasteiger partial charge in [-0.05, 0) is 64.7 Å². The second kappa shape index (κ2) is 12.5. The molecule has 33 heavy (non-hydrogen) atoms. The number of amides is 3. The highest BCUT2D eigenvalue weighted by Crippen LogP contribution is 2.26. The van der Waals surface area contributed by atoms with E-state index in [1.807, 2.05) is 34.6 Å². The van der Waals surface area contributed by atoms with Gasteiger partial charge in [-0.1, -0.05) is 39.3 Å². The van der Waals surface area contributed by atoms with Crippen molar-refractivity contribution in [3.63, 3.8) is 0 Å². The highest BCUT2D eigenvalue weighted by atomic mass is 16.6. The molecule has 0 heterocycles. The van der Waals surface area contributed by atoms with E-state index in [1.54, 1.807) is 32.9 Å². The molecule has 0 saturated heterocycles. The third-order valence-corrected chi connectivity index (χ3v) is 4.84. The lowest BCUT2D eigenvalue weighted by Gasteiger charge is -2.36. The van der Waals surface area contributed by atoms with E-state index in [1.165, 1.54) is 17.0 Å². The van der Waals surface area contributed by atoms with Gasteiger partial charge in [0.2, 0.25) is 11.8 Å². The van der Waals surface area contributed by atoms with Gasteiger partial charge in [-0.15, -0.1) is 0 Å². The summed E-state index contributed by atoms with van der Waals surface area (Å²) in [6.45, 7) is 15.0. The molecule has 0 aromatic heterocycles. The van der Waals surface area contributed by atoms with E-state index in [2.05, 4.69) is 10.6 Å². The molecule has 2 atom stereocenters. The Bertz CT molecular complexity index is 784. The Morgan fingerprint density at radius 1 is 1.03 bits per heavy atom. The van der Waals surface area contributed by atoms with Gasteiger partial charge in [0, 0.05) is 12.6 Å². The Morgan fingerprint density at radius 3 is 2.06 bits per heavy atom. The van der Waals surface area contributed by atoms with Crippen LogP contribution in [0.5, 0.6) is 5.75 Å². The zero-order valence-electron chi connectivity index (χ0n) is 21.3. The number of carbonyl (C=O) groups excluding carboxylic acids is 3. The number of unbranched alkanes of at least 4 members (excludes halogenated alkanes) is 1. The summed E-state index contributed by atoms with van der Waals surface area (Å²) in [5.74, 6) is -0.844. The van der Waals surface area contributed by atoms with Crippen LogP contribution in [-0.2, 0) is 14.3 Å². The van der Waals surface area contributed by atoms with Crippen molar-refractivity contribution in [1.82, 2.24) is 15.5 Å². The van der Waals surface area contributed by atoms with Crippen LogP contribution in [0, 0.1) is 5.92 Å². The first-order valence-electron chi connectivity index (χ1n) is 11.7. The van der Waals surface area contributed by atoms with Crippen molar-refractivity contribution in [2.45, 2.75) is 92.0 Å². The van der Waals surface area contributed by atoms with Gasteiger partial charge in [0.25, 0.3) is 0 Å². The predicted molar refractivity (Wildman–Crippen MR) is 129 cm³/mol. The molecule has 2 unspecified atom stereocenters. The van der Waals surface area contributed by atoms with E-state index in [0.29, 0.717) is 18.5 Å². The van der Waals surface area contributed by atoms with Gasteiger partial charge in [-0.2, -0.15) is 0 Å². The molecule has 0 radical (unpaired) electrons. The molecule has 0 aliphatic heterocycles. The Labute approximate surface area is 198 Å². The van der Waals surface area contributed by atoms with Gasteiger partial charge in [0.1, 0.15) is 23.4 Å². The van der Waals surface area contributed by atoms with Crippen LogP contribution in [0.4, 0.5) is 4.79 Å².